The molecule has 0 radical (unpaired) electrons. The molecule has 0 saturated carbocycles. The highest BCUT2D eigenvalue weighted by atomic mass is 16.5. The van der Waals surface area contributed by atoms with E-state index in [9.17, 15) is 24.9 Å². The number of aromatic hydroxyl groups is 3. The Kier molecular flexibility index (Phi) is 6.46. The van der Waals surface area contributed by atoms with Gasteiger partial charge in [0.2, 0.25) is 0 Å². The molecule has 5 rings (SSSR count). The summed E-state index contributed by atoms with van der Waals surface area (Å²) in [5, 5.41) is 34.5. The van der Waals surface area contributed by atoms with Gasteiger partial charge in [-0.2, -0.15) is 0 Å². The maximum atomic E-state index is 12.7. The van der Waals surface area contributed by atoms with Crippen LogP contribution in [0.1, 0.15) is 69.2 Å². The Morgan fingerprint density at radius 1 is 1.11 bits per heavy atom. The number of hydrogen-bond acceptors (Lipinski definition) is 9. The minimum Gasteiger partial charge on any atom is -0.507 e. The van der Waals surface area contributed by atoms with Gasteiger partial charge in [-0.1, -0.05) is 18.2 Å². The molecule has 0 amide bonds. The van der Waals surface area contributed by atoms with Crippen LogP contribution < -0.4 is 0 Å². The van der Waals surface area contributed by atoms with E-state index < -0.39 is 29.5 Å². The van der Waals surface area contributed by atoms with Crippen LogP contribution in [-0.4, -0.2) is 44.1 Å². The Balaban J connectivity index is 1.80. The lowest BCUT2D eigenvalue weighted by Gasteiger charge is -2.25. The SMILES string of the molecule is COC(=O)C[C@@H](c1c(O)c(C(C)=O)cc([C@H]2OCc3cnc(C)c(O)c32)c1O)c1ccnc2ccccc12. The van der Waals surface area contributed by atoms with Crippen LogP contribution in [0.4, 0.5) is 0 Å². The van der Waals surface area contributed by atoms with E-state index in [0.717, 1.165) is 0 Å². The fraction of sp³-hybridized carbons (Fsp3) is 0.241. The lowest BCUT2D eigenvalue weighted by atomic mass is 9.82. The number of aryl methyl sites for hydroxylation is 1. The number of hydrogen-bond donors (Lipinski definition) is 3. The molecule has 9 nitrogen and oxygen atoms in total. The molecule has 1 aliphatic rings. The van der Waals surface area contributed by atoms with Gasteiger partial charge in [-0.15, -0.1) is 0 Å². The zero-order chi connectivity index (χ0) is 27.1. The van der Waals surface area contributed by atoms with E-state index in [1.54, 1.807) is 25.4 Å². The molecule has 38 heavy (non-hydrogen) atoms. The van der Waals surface area contributed by atoms with Crippen LogP contribution in [0.25, 0.3) is 10.9 Å². The quantitative estimate of drug-likeness (QED) is 0.249. The number of ketones is 1. The van der Waals surface area contributed by atoms with Crippen molar-refractivity contribution >= 4 is 22.7 Å². The molecule has 2 aromatic heterocycles. The molecule has 3 heterocycles. The number of phenols is 2. The number of nitrogens with zero attached hydrogens (tertiary/aromatic N) is 2. The summed E-state index contributed by atoms with van der Waals surface area (Å²) in [5.41, 5.74) is 2.82. The van der Waals surface area contributed by atoms with Crippen LogP contribution in [0.15, 0.2) is 48.8 Å². The van der Waals surface area contributed by atoms with Crippen molar-refractivity contribution in [3.05, 3.63) is 87.9 Å². The van der Waals surface area contributed by atoms with E-state index in [1.165, 1.54) is 20.1 Å². The molecule has 194 valence electrons. The van der Waals surface area contributed by atoms with Gasteiger partial charge in [0.25, 0.3) is 0 Å². The standard InChI is InChI=1S/C29H26N2O7/c1-14-26(34)24-16(12-31-14)13-38-29(24)21-10-19(15(2)32)27(35)25(28(21)36)20(11-23(33)37-3)17-8-9-30-22-7-5-4-6-18(17)22/h4-10,12,20,29,34-36H,11,13H2,1-3H3/t20-,29-/m1/s1. The topological polar surface area (TPSA) is 139 Å². The van der Waals surface area contributed by atoms with Crippen molar-refractivity contribution in [1.29, 1.82) is 0 Å². The van der Waals surface area contributed by atoms with Crippen LogP contribution in [0, 0.1) is 6.92 Å². The van der Waals surface area contributed by atoms with E-state index in [2.05, 4.69) is 9.97 Å². The largest absolute Gasteiger partial charge is 0.507 e. The number of Topliss-reactive ketones (excluding diaryl/α,β-unsaturated/α-hetero) is 1. The van der Waals surface area contributed by atoms with E-state index in [1.807, 2.05) is 24.3 Å². The third-order valence-electron chi connectivity index (χ3n) is 7.03. The summed E-state index contributed by atoms with van der Waals surface area (Å²) in [6.07, 6.45) is 2.01. The number of para-hydroxylation sites is 1. The highest BCUT2D eigenvalue weighted by molar-refractivity contribution is 5.98. The average Bonchev–Trinajstić information content (AvgIpc) is 3.34. The van der Waals surface area contributed by atoms with Gasteiger partial charge >= 0.3 is 5.97 Å². The normalized spacial score (nSPS) is 15.3. The predicted octanol–water partition coefficient (Wildman–Crippen LogP) is 4.57. The lowest BCUT2D eigenvalue weighted by Crippen LogP contribution is -2.14. The lowest BCUT2D eigenvalue weighted by molar-refractivity contribution is -0.140. The van der Waals surface area contributed by atoms with Gasteiger partial charge in [-0.3, -0.25) is 19.6 Å². The first kappa shape index (κ1) is 25.2. The molecule has 3 N–H and O–H groups in total. The zero-order valence-corrected chi connectivity index (χ0v) is 21.1. The number of phenolic OH excluding ortho intramolecular Hbond substituents is 2. The average molecular weight is 515 g/mol. The number of esters is 1. The van der Waals surface area contributed by atoms with Crippen molar-refractivity contribution in [2.24, 2.45) is 0 Å². The molecule has 0 bridgehead atoms. The Bertz CT molecular complexity index is 1590. The van der Waals surface area contributed by atoms with Crippen LogP contribution >= 0.6 is 0 Å². The second-order valence-corrected chi connectivity index (χ2v) is 9.25. The minimum atomic E-state index is -0.933. The molecule has 0 spiro atoms. The fourth-order valence-electron chi connectivity index (χ4n) is 5.10. The molecule has 0 aliphatic carbocycles. The number of methoxy groups -OCH3 is 1. The summed E-state index contributed by atoms with van der Waals surface area (Å²) in [4.78, 5) is 33.8. The van der Waals surface area contributed by atoms with Crippen LogP contribution in [0.5, 0.6) is 17.2 Å². The van der Waals surface area contributed by atoms with Crippen molar-refractivity contribution in [2.45, 2.75) is 38.9 Å². The Morgan fingerprint density at radius 2 is 1.87 bits per heavy atom. The van der Waals surface area contributed by atoms with Gasteiger partial charge in [0.05, 0.1) is 36.9 Å². The second kappa shape index (κ2) is 9.75. The molecular weight excluding hydrogens is 488 g/mol. The molecule has 9 heteroatoms. The molecule has 0 saturated heterocycles. The van der Waals surface area contributed by atoms with E-state index in [4.69, 9.17) is 9.47 Å². The molecule has 2 aromatic carbocycles. The summed E-state index contributed by atoms with van der Waals surface area (Å²) < 4.78 is 10.9. The van der Waals surface area contributed by atoms with Gasteiger partial charge in [0, 0.05) is 46.0 Å². The highest BCUT2D eigenvalue weighted by Gasteiger charge is 2.36. The second-order valence-electron chi connectivity index (χ2n) is 9.25. The van der Waals surface area contributed by atoms with Gasteiger partial charge in [-0.25, -0.2) is 0 Å². The first-order valence-corrected chi connectivity index (χ1v) is 12.0. The van der Waals surface area contributed by atoms with E-state index >= 15 is 0 Å². The van der Waals surface area contributed by atoms with Crippen molar-refractivity contribution < 1.29 is 34.4 Å². The van der Waals surface area contributed by atoms with Gasteiger partial charge in [0.15, 0.2) is 5.78 Å². The van der Waals surface area contributed by atoms with Crippen molar-refractivity contribution in [3.63, 3.8) is 0 Å². The Morgan fingerprint density at radius 3 is 2.61 bits per heavy atom. The summed E-state index contributed by atoms with van der Waals surface area (Å²) in [6.45, 7) is 3.08. The van der Waals surface area contributed by atoms with Crippen molar-refractivity contribution in [3.8, 4) is 17.2 Å². The Hall–Kier alpha value is -4.50. The third-order valence-corrected chi connectivity index (χ3v) is 7.03. The fourth-order valence-corrected chi connectivity index (χ4v) is 5.10. The number of aromatic nitrogens is 2. The number of benzene rings is 2. The first-order valence-electron chi connectivity index (χ1n) is 12.0. The van der Waals surface area contributed by atoms with Crippen LogP contribution in [-0.2, 0) is 20.9 Å². The van der Waals surface area contributed by atoms with Gasteiger partial charge < -0.3 is 24.8 Å². The summed E-state index contributed by atoms with van der Waals surface area (Å²) in [5.74, 6) is -2.80. The summed E-state index contributed by atoms with van der Waals surface area (Å²) >= 11 is 0. The smallest absolute Gasteiger partial charge is 0.306 e. The maximum Gasteiger partial charge on any atom is 0.306 e. The number of pyridine rings is 2. The zero-order valence-electron chi connectivity index (χ0n) is 21.1. The van der Waals surface area contributed by atoms with Gasteiger partial charge in [0.1, 0.15) is 23.4 Å². The number of ether oxygens (including phenoxy) is 2. The maximum absolute atomic E-state index is 12.7. The molecule has 0 unspecified atom stereocenters. The molecule has 1 aliphatic heterocycles. The number of rotatable bonds is 6. The van der Waals surface area contributed by atoms with E-state index in [-0.39, 0.29) is 41.2 Å². The van der Waals surface area contributed by atoms with Crippen molar-refractivity contribution in [1.82, 2.24) is 9.97 Å². The molecular formula is C29H26N2O7. The Labute approximate surface area is 218 Å². The predicted molar refractivity (Wildman–Crippen MR) is 137 cm³/mol. The third kappa shape index (κ3) is 4.10. The number of carbonyl (C=O) groups excluding carboxylic acids is 2. The van der Waals surface area contributed by atoms with Crippen LogP contribution in [0.2, 0.25) is 0 Å². The molecule has 2 atom stereocenters. The number of fused-ring (bicyclic) bond motifs is 2. The highest BCUT2D eigenvalue weighted by Crippen LogP contribution is 2.51. The van der Waals surface area contributed by atoms with Crippen molar-refractivity contribution in [2.75, 3.05) is 7.11 Å². The van der Waals surface area contributed by atoms with Gasteiger partial charge in [-0.05, 0) is 37.6 Å². The molecule has 4 aromatic rings. The first-order chi connectivity index (χ1) is 18.2. The summed E-state index contributed by atoms with van der Waals surface area (Å²) in [6, 6.07) is 10.4. The monoisotopic (exact) mass is 514 g/mol. The number of carbonyl (C=O) groups is 2. The van der Waals surface area contributed by atoms with E-state index in [0.29, 0.717) is 33.3 Å². The summed E-state index contributed by atoms with van der Waals surface area (Å²) in [7, 11) is 1.25. The van der Waals surface area contributed by atoms with Crippen LogP contribution in [0.3, 0.4) is 0 Å². The minimum absolute atomic E-state index is 0.0169. The molecule has 0 fully saturated rings.